The highest BCUT2D eigenvalue weighted by Gasteiger charge is 2.20. The molecule has 0 fully saturated rings. The highest BCUT2D eigenvalue weighted by atomic mass is 16.5. The van der Waals surface area contributed by atoms with Crippen molar-refractivity contribution in [1.29, 1.82) is 0 Å². The lowest BCUT2D eigenvalue weighted by molar-refractivity contribution is -0.123. The van der Waals surface area contributed by atoms with E-state index in [4.69, 9.17) is 10.5 Å². The Balaban J connectivity index is 0.00000474. The second kappa shape index (κ2) is 20.4. The maximum atomic E-state index is 12.6. The number of amides is 2. The molecule has 0 spiro atoms. The summed E-state index contributed by atoms with van der Waals surface area (Å²) in [7, 11) is 0. The summed E-state index contributed by atoms with van der Waals surface area (Å²) < 4.78 is 5.96. The van der Waals surface area contributed by atoms with Crippen LogP contribution in [0.15, 0.2) is 36.9 Å². The molecule has 0 aliphatic rings. The molecule has 0 aliphatic heterocycles. The van der Waals surface area contributed by atoms with Crippen LogP contribution in [0.2, 0.25) is 0 Å². The third kappa shape index (κ3) is 14.8. The van der Waals surface area contributed by atoms with E-state index in [2.05, 4.69) is 59.8 Å². The van der Waals surface area contributed by atoms with Crippen LogP contribution in [0.5, 0.6) is 0 Å². The number of aromatic amines is 1. The highest BCUT2D eigenvalue weighted by Crippen LogP contribution is 2.18. The number of hydrogen-bond donors (Lipinski definition) is 5. The summed E-state index contributed by atoms with van der Waals surface area (Å²) in [5, 5.41) is 10.9. The minimum Gasteiger partial charge on any atom is -0.384 e. The Morgan fingerprint density at radius 2 is 1.80 bits per heavy atom. The summed E-state index contributed by atoms with van der Waals surface area (Å²) in [5.74, 6) is 1.12. The summed E-state index contributed by atoms with van der Waals surface area (Å²) in [6.07, 6.45) is 6.07. The molecule has 0 unspecified atom stereocenters. The van der Waals surface area contributed by atoms with Crippen LogP contribution in [0.25, 0.3) is 12.7 Å². The third-order valence-corrected chi connectivity index (χ3v) is 7.14. The first-order chi connectivity index (χ1) is 20.9. The van der Waals surface area contributed by atoms with Crippen LogP contribution in [-0.2, 0) is 20.9 Å². The van der Waals surface area contributed by atoms with Gasteiger partial charge in [-0.15, -0.1) is 0 Å². The van der Waals surface area contributed by atoms with Crippen molar-refractivity contribution < 1.29 is 14.3 Å². The van der Waals surface area contributed by atoms with E-state index in [-0.39, 0.29) is 17.4 Å². The van der Waals surface area contributed by atoms with Crippen LogP contribution in [0, 0.1) is 5.92 Å². The maximum Gasteiger partial charge on any atom is 0.225 e. The molecule has 0 atom stereocenters. The number of ether oxygens (including phenoxy) is 1. The van der Waals surface area contributed by atoms with E-state index in [0.717, 1.165) is 40.5 Å². The Morgan fingerprint density at radius 1 is 1.11 bits per heavy atom. The van der Waals surface area contributed by atoms with Crippen molar-refractivity contribution in [3.05, 3.63) is 53.1 Å². The topological polar surface area (TPSA) is 125 Å². The first-order valence-electron chi connectivity index (χ1n) is 16.0. The first kappa shape index (κ1) is 38.5. The number of likely N-dealkylation sites (N-methyl/N-ethyl adjacent to an activating group) is 1. The van der Waals surface area contributed by atoms with Gasteiger partial charge in [0.15, 0.2) is 0 Å². The van der Waals surface area contributed by atoms with Gasteiger partial charge in [-0.1, -0.05) is 72.1 Å². The second-order valence-corrected chi connectivity index (χ2v) is 11.6. The Labute approximate surface area is 265 Å². The normalized spacial score (nSPS) is 11.7. The Hall–Kier alpha value is -3.56. The number of rotatable bonds is 19. The fraction of sp³-hybridized carbons (Fsp3) is 0.543. The van der Waals surface area contributed by atoms with Gasteiger partial charge < -0.3 is 36.3 Å². The van der Waals surface area contributed by atoms with Crippen LogP contribution >= 0.6 is 0 Å². The van der Waals surface area contributed by atoms with Crippen molar-refractivity contribution in [3.8, 4) is 0 Å². The van der Waals surface area contributed by atoms with E-state index >= 15 is 0 Å². The lowest BCUT2D eigenvalue weighted by Crippen LogP contribution is -2.37. The first-order valence-corrected chi connectivity index (χ1v) is 16.0. The number of aromatic nitrogens is 1. The average Bonchev–Trinajstić information content (AvgIpc) is 3.25. The molecular formula is C35H58N6O3. The van der Waals surface area contributed by atoms with Gasteiger partial charge in [0.25, 0.3) is 0 Å². The summed E-state index contributed by atoms with van der Waals surface area (Å²) in [5.41, 5.74) is 8.35. The van der Waals surface area contributed by atoms with Gasteiger partial charge in [-0.2, -0.15) is 0 Å². The summed E-state index contributed by atoms with van der Waals surface area (Å²) >= 11 is 0. The fourth-order valence-electron chi connectivity index (χ4n) is 4.39. The molecule has 0 bridgehead atoms. The molecule has 2 aromatic rings. The van der Waals surface area contributed by atoms with Crippen molar-refractivity contribution >= 4 is 41.7 Å². The Morgan fingerprint density at radius 3 is 2.41 bits per heavy atom. The monoisotopic (exact) mass is 610 g/mol. The minimum atomic E-state index is -0.311. The van der Waals surface area contributed by atoms with Crippen molar-refractivity contribution in [1.82, 2.24) is 15.2 Å². The van der Waals surface area contributed by atoms with Crippen molar-refractivity contribution in [2.75, 3.05) is 49.2 Å². The highest BCUT2D eigenvalue weighted by molar-refractivity contribution is 5.90. The minimum absolute atomic E-state index is 0.0298. The van der Waals surface area contributed by atoms with Crippen LogP contribution in [-0.4, -0.2) is 60.1 Å². The van der Waals surface area contributed by atoms with Gasteiger partial charge in [-0.05, 0) is 56.8 Å². The number of allylic oxidation sites excluding steroid dienone is 1. The predicted octanol–water partition coefficient (Wildman–Crippen LogP) is 5.00. The average molecular weight is 611 g/mol. The van der Waals surface area contributed by atoms with Crippen molar-refractivity contribution in [2.45, 2.75) is 86.3 Å². The molecule has 0 aliphatic carbocycles. The van der Waals surface area contributed by atoms with E-state index in [0.29, 0.717) is 63.8 Å². The SMILES string of the molecule is C=C/C=c1/c(NCc2ccc(NC(=O)CCN(CC)CCNC(=O)CCC(C)(C)OCCC(C)C)cc2)c(N)[nH]c1=C.CC. The standard InChI is InChI=1S/C33H52N6O3.C2H6/c1-8-10-28-25(5)37-32(34)31(28)36-23-26-11-13-27(14-12-26)38-30(41)16-20-39(9-2)21-19-35-29(40)15-18-33(6,7)42-22-17-24(3)4;1-2/h8,10-14,24,36-37H,1,5,9,15-23,34H2,2-4,6-7H3,(H,35,40)(H,38,41);1-2H3/b28-10+;. The van der Waals surface area contributed by atoms with Gasteiger partial charge >= 0.3 is 0 Å². The van der Waals surface area contributed by atoms with E-state index < -0.39 is 0 Å². The van der Waals surface area contributed by atoms with Gasteiger partial charge in [0.2, 0.25) is 11.8 Å². The van der Waals surface area contributed by atoms with Gasteiger partial charge in [-0.3, -0.25) is 9.59 Å². The van der Waals surface area contributed by atoms with Crippen LogP contribution < -0.4 is 32.3 Å². The number of carbonyl (C=O) groups is 2. The molecule has 1 aromatic carbocycles. The predicted molar refractivity (Wildman–Crippen MR) is 187 cm³/mol. The maximum absolute atomic E-state index is 12.6. The summed E-state index contributed by atoms with van der Waals surface area (Å²) in [6.45, 7) is 26.2. The van der Waals surface area contributed by atoms with E-state index in [9.17, 15) is 9.59 Å². The number of nitrogen functional groups attached to an aromatic ring is 1. The second-order valence-electron chi connectivity index (χ2n) is 11.6. The summed E-state index contributed by atoms with van der Waals surface area (Å²) in [6, 6.07) is 7.71. The number of hydrogen-bond acceptors (Lipinski definition) is 6. The molecule has 44 heavy (non-hydrogen) atoms. The molecule has 0 saturated carbocycles. The lowest BCUT2D eigenvalue weighted by atomic mass is 10.0. The number of nitrogens with one attached hydrogen (secondary N) is 4. The Kier molecular flexibility index (Phi) is 17.8. The van der Waals surface area contributed by atoms with E-state index in [1.807, 2.05) is 58.0 Å². The van der Waals surface area contributed by atoms with Gasteiger partial charge in [0.05, 0.1) is 11.3 Å². The molecule has 0 radical (unpaired) electrons. The number of carbonyl (C=O) groups excluding carboxylic acids is 2. The molecular weight excluding hydrogens is 552 g/mol. The van der Waals surface area contributed by atoms with E-state index in [1.165, 1.54) is 0 Å². The molecule has 9 nitrogen and oxygen atoms in total. The Bertz CT molecular complexity index is 1250. The zero-order valence-corrected chi connectivity index (χ0v) is 28.3. The molecule has 1 aromatic heterocycles. The number of H-pyrrole nitrogens is 1. The largest absolute Gasteiger partial charge is 0.384 e. The quantitative estimate of drug-likeness (QED) is 0.153. The number of anilines is 3. The molecule has 246 valence electrons. The van der Waals surface area contributed by atoms with Crippen molar-refractivity contribution in [3.63, 3.8) is 0 Å². The smallest absolute Gasteiger partial charge is 0.225 e. The van der Waals surface area contributed by atoms with Crippen LogP contribution in [0.4, 0.5) is 17.2 Å². The summed E-state index contributed by atoms with van der Waals surface area (Å²) in [4.78, 5) is 30.1. The van der Waals surface area contributed by atoms with Crippen LogP contribution in [0.1, 0.15) is 79.7 Å². The van der Waals surface area contributed by atoms with E-state index in [1.54, 1.807) is 6.08 Å². The number of nitrogens with two attached hydrogens (primary N) is 1. The van der Waals surface area contributed by atoms with Gasteiger partial charge in [0, 0.05) is 61.9 Å². The molecule has 0 saturated heterocycles. The fourth-order valence-corrected chi connectivity index (χ4v) is 4.39. The van der Waals surface area contributed by atoms with Gasteiger partial charge in [0.1, 0.15) is 5.82 Å². The molecule has 2 rings (SSSR count). The van der Waals surface area contributed by atoms with Crippen molar-refractivity contribution in [2.24, 2.45) is 5.92 Å². The molecule has 6 N–H and O–H groups in total. The van der Waals surface area contributed by atoms with Gasteiger partial charge in [-0.25, -0.2) is 0 Å². The van der Waals surface area contributed by atoms with Crippen LogP contribution in [0.3, 0.4) is 0 Å². The molecule has 9 heteroatoms. The molecule has 2 amide bonds. The number of benzene rings is 1. The zero-order valence-electron chi connectivity index (χ0n) is 28.3. The third-order valence-electron chi connectivity index (χ3n) is 7.14. The lowest BCUT2D eigenvalue weighted by Gasteiger charge is -2.26. The molecule has 1 heterocycles. The number of nitrogens with zero attached hydrogens (tertiary/aromatic N) is 1. The zero-order chi connectivity index (χ0) is 33.1.